The molecule has 1 fully saturated rings. The summed E-state index contributed by atoms with van der Waals surface area (Å²) in [4.78, 5) is 0. The Bertz CT molecular complexity index is 74.4. The van der Waals surface area contributed by atoms with E-state index in [0.29, 0.717) is 0 Å². The van der Waals surface area contributed by atoms with E-state index in [0.717, 1.165) is 12.8 Å². The first-order valence-corrected chi connectivity index (χ1v) is 3.16. The van der Waals surface area contributed by atoms with Crippen molar-refractivity contribution in [1.82, 2.24) is 0 Å². The topological polar surface area (TPSA) is 38.7 Å². The molecule has 1 aliphatic rings. The van der Waals surface area contributed by atoms with Gasteiger partial charge in [0.25, 0.3) is 0 Å². The molecule has 1 N–H and O–H groups in total. The smallest absolute Gasteiger partial charge is 0.157 e. The summed E-state index contributed by atoms with van der Waals surface area (Å²) in [5, 5.41) is 8.60. The average Bonchev–Trinajstić information content (AvgIpc) is 2.34. The zero-order chi connectivity index (χ0) is 6.69. The highest BCUT2D eigenvalue weighted by molar-refractivity contribution is 4.65. The normalized spacial score (nSPS) is 35.3. The van der Waals surface area contributed by atoms with Gasteiger partial charge in [-0.05, 0) is 6.42 Å². The lowest BCUT2D eigenvalue weighted by Gasteiger charge is -2.08. The summed E-state index contributed by atoms with van der Waals surface area (Å²) < 4.78 is 10.1. The van der Waals surface area contributed by atoms with E-state index in [1.165, 1.54) is 0 Å². The van der Waals surface area contributed by atoms with Crippen LogP contribution in [-0.4, -0.2) is 31.2 Å². The Morgan fingerprint density at radius 2 is 2.44 bits per heavy atom. The minimum atomic E-state index is -0.0813. The molecule has 54 valence electrons. The largest absolute Gasteiger partial charge is 0.394 e. The summed E-state index contributed by atoms with van der Waals surface area (Å²) in [5.74, 6) is 0. The second-order valence-electron chi connectivity index (χ2n) is 2.18. The van der Waals surface area contributed by atoms with Crippen LogP contribution in [0.4, 0.5) is 0 Å². The maximum atomic E-state index is 8.60. The highest BCUT2D eigenvalue weighted by atomic mass is 16.7. The number of aliphatic hydroxyl groups excluding tert-OH is 1. The zero-order valence-electron chi connectivity index (χ0n) is 5.54. The van der Waals surface area contributed by atoms with E-state index in [-0.39, 0.29) is 19.0 Å². The van der Waals surface area contributed by atoms with Crippen molar-refractivity contribution in [2.45, 2.75) is 25.2 Å². The van der Waals surface area contributed by atoms with Gasteiger partial charge < -0.3 is 14.6 Å². The van der Waals surface area contributed by atoms with Crippen molar-refractivity contribution in [3.8, 4) is 0 Å². The van der Waals surface area contributed by atoms with Crippen molar-refractivity contribution >= 4 is 0 Å². The highest BCUT2D eigenvalue weighted by Gasteiger charge is 2.23. The second kappa shape index (κ2) is 3.15. The van der Waals surface area contributed by atoms with E-state index in [1.54, 1.807) is 7.11 Å². The zero-order valence-corrected chi connectivity index (χ0v) is 5.54. The van der Waals surface area contributed by atoms with Gasteiger partial charge in [0.1, 0.15) is 0 Å². The third-order valence-corrected chi connectivity index (χ3v) is 1.54. The lowest BCUT2D eigenvalue weighted by atomic mass is 10.2. The highest BCUT2D eigenvalue weighted by Crippen LogP contribution is 2.18. The van der Waals surface area contributed by atoms with Crippen molar-refractivity contribution in [2.24, 2.45) is 0 Å². The lowest BCUT2D eigenvalue weighted by molar-refractivity contribution is -0.122. The number of aliphatic hydroxyl groups is 1. The van der Waals surface area contributed by atoms with Gasteiger partial charge in [-0.15, -0.1) is 0 Å². The fourth-order valence-electron chi connectivity index (χ4n) is 0.980. The third-order valence-electron chi connectivity index (χ3n) is 1.54. The Kier molecular flexibility index (Phi) is 2.45. The molecule has 2 atom stereocenters. The molecule has 0 aromatic rings. The van der Waals surface area contributed by atoms with Crippen LogP contribution < -0.4 is 0 Å². The molecular formula is C6H12O3. The number of hydrogen-bond donors (Lipinski definition) is 1. The van der Waals surface area contributed by atoms with Gasteiger partial charge in [-0.2, -0.15) is 0 Å². The molecule has 3 heteroatoms. The number of rotatable bonds is 2. The molecule has 9 heavy (non-hydrogen) atoms. The van der Waals surface area contributed by atoms with Gasteiger partial charge >= 0.3 is 0 Å². The van der Waals surface area contributed by atoms with Crippen LogP contribution in [-0.2, 0) is 9.47 Å². The van der Waals surface area contributed by atoms with Gasteiger partial charge in [0.15, 0.2) is 6.29 Å². The molecule has 0 aromatic heterocycles. The van der Waals surface area contributed by atoms with Crippen LogP contribution >= 0.6 is 0 Å². The first kappa shape index (κ1) is 6.99. The molecular weight excluding hydrogens is 120 g/mol. The maximum Gasteiger partial charge on any atom is 0.157 e. The van der Waals surface area contributed by atoms with E-state index < -0.39 is 0 Å². The molecule has 0 aliphatic carbocycles. The summed E-state index contributed by atoms with van der Waals surface area (Å²) in [6.45, 7) is 0.111. The van der Waals surface area contributed by atoms with E-state index in [1.807, 2.05) is 0 Å². The molecule has 0 radical (unpaired) electrons. The van der Waals surface area contributed by atoms with Gasteiger partial charge in [-0.1, -0.05) is 0 Å². The van der Waals surface area contributed by atoms with Gasteiger partial charge in [-0.3, -0.25) is 0 Å². The number of ether oxygens (including phenoxy) is 2. The number of hydrogen-bond acceptors (Lipinski definition) is 3. The Morgan fingerprint density at radius 1 is 1.67 bits per heavy atom. The van der Waals surface area contributed by atoms with E-state index in [9.17, 15) is 0 Å². The Hall–Kier alpha value is -0.120. The SMILES string of the molecule is CO[C@H]1CC[C@@H](CO)O1. The summed E-state index contributed by atoms with van der Waals surface area (Å²) in [5.41, 5.74) is 0. The molecule has 1 rings (SSSR count). The van der Waals surface area contributed by atoms with Crippen molar-refractivity contribution in [3.05, 3.63) is 0 Å². The summed E-state index contributed by atoms with van der Waals surface area (Å²) >= 11 is 0. The standard InChI is InChI=1S/C6H12O3/c1-8-6-3-2-5(4-7)9-6/h5-7H,2-4H2,1H3/t5-,6+/m0/s1. The fraction of sp³-hybridized carbons (Fsp3) is 1.00. The van der Waals surface area contributed by atoms with Gasteiger partial charge in [-0.25, -0.2) is 0 Å². The predicted octanol–water partition coefficient (Wildman–Crippen LogP) is 0.130. The van der Waals surface area contributed by atoms with Crippen molar-refractivity contribution in [1.29, 1.82) is 0 Å². The van der Waals surface area contributed by atoms with E-state index in [4.69, 9.17) is 14.6 Å². The van der Waals surface area contributed by atoms with Crippen LogP contribution in [0.5, 0.6) is 0 Å². The van der Waals surface area contributed by atoms with Gasteiger partial charge in [0.2, 0.25) is 0 Å². The molecule has 0 spiro atoms. The molecule has 1 aliphatic heterocycles. The van der Waals surface area contributed by atoms with Gasteiger partial charge in [0.05, 0.1) is 12.7 Å². The molecule has 1 heterocycles. The number of methoxy groups -OCH3 is 1. The first-order chi connectivity index (χ1) is 4.36. The fourth-order valence-corrected chi connectivity index (χ4v) is 0.980. The molecule has 0 unspecified atom stereocenters. The Morgan fingerprint density at radius 3 is 2.78 bits per heavy atom. The summed E-state index contributed by atoms with van der Waals surface area (Å²) in [7, 11) is 1.62. The lowest BCUT2D eigenvalue weighted by Crippen LogP contribution is -2.15. The predicted molar refractivity (Wildman–Crippen MR) is 32.0 cm³/mol. The Labute approximate surface area is 54.6 Å². The molecule has 0 saturated carbocycles. The molecule has 3 nitrogen and oxygen atoms in total. The van der Waals surface area contributed by atoms with Crippen molar-refractivity contribution in [3.63, 3.8) is 0 Å². The van der Waals surface area contributed by atoms with Crippen LogP contribution in [0.15, 0.2) is 0 Å². The Balaban J connectivity index is 2.20. The molecule has 0 bridgehead atoms. The molecule has 1 saturated heterocycles. The monoisotopic (exact) mass is 132 g/mol. The van der Waals surface area contributed by atoms with Crippen LogP contribution in [0.25, 0.3) is 0 Å². The molecule has 0 aromatic carbocycles. The summed E-state index contributed by atoms with van der Waals surface area (Å²) in [6, 6.07) is 0. The van der Waals surface area contributed by atoms with Crippen molar-refractivity contribution in [2.75, 3.05) is 13.7 Å². The van der Waals surface area contributed by atoms with Crippen LogP contribution in [0, 0.1) is 0 Å². The quantitative estimate of drug-likeness (QED) is 0.580. The minimum Gasteiger partial charge on any atom is -0.394 e. The van der Waals surface area contributed by atoms with Gasteiger partial charge in [0, 0.05) is 13.5 Å². The third kappa shape index (κ3) is 1.64. The van der Waals surface area contributed by atoms with E-state index in [2.05, 4.69) is 0 Å². The molecule has 0 amide bonds. The average molecular weight is 132 g/mol. The minimum absolute atomic E-state index is 0.00921. The van der Waals surface area contributed by atoms with Crippen LogP contribution in [0.2, 0.25) is 0 Å². The van der Waals surface area contributed by atoms with Crippen molar-refractivity contribution < 1.29 is 14.6 Å². The second-order valence-corrected chi connectivity index (χ2v) is 2.18. The van der Waals surface area contributed by atoms with E-state index >= 15 is 0 Å². The van der Waals surface area contributed by atoms with Crippen LogP contribution in [0.1, 0.15) is 12.8 Å². The van der Waals surface area contributed by atoms with Crippen LogP contribution in [0.3, 0.4) is 0 Å². The first-order valence-electron chi connectivity index (χ1n) is 3.16. The maximum absolute atomic E-state index is 8.60. The summed E-state index contributed by atoms with van der Waals surface area (Å²) in [6.07, 6.45) is 1.74.